The molecule has 0 saturated heterocycles. The maximum atomic E-state index is 5.10. The molecule has 0 bridgehead atoms. The average molecular weight is 537 g/mol. The van der Waals surface area contributed by atoms with Gasteiger partial charge >= 0.3 is 33.3 Å². The van der Waals surface area contributed by atoms with Crippen LogP contribution in [0.2, 0.25) is 0 Å². The predicted molar refractivity (Wildman–Crippen MR) is 142 cm³/mol. The van der Waals surface area contributed by atoms with Crippen LogP contribution in [-0.4, -0.2) is 20.2 Å². The fourth-order valence-electron chi connectivity index (χ4n) is 4.00. The Morgan fingerprint density at radius 3 is 2.03 bits per heavy atom. The van der Waals surface area contributed by atoms with E-state index in [1.165, 1.54) is 11.1 Å². The molecule has 0 N–H and O–H groups in total. The van der Waals surface area contributed by atoms with Gasteiger partial charge in [0.25, 0.3) is 0 Å². The standard InChI is InChI=1S/C27H30N4.2ClH.Fe/c1-17(2)20-11-9-12-21(18(3)4)26(20)28-19(5)22-14-10-15-24(29-22)27-30-23-13-7-8-16-25(23)31(27)6;;;/h7-18H,1-6H3;2*1H;/q;;;+2/p-2. The maximum absolute atomic E-state index is 5.10. The Balaban J connectivity index is 0.00000103. The van der Waals surface area contributed by atoms with Gasteiger partial charge in [-0.3, -0.25) is 4.99 Å². The second-order valence-corrected chi connectivity index (χ2v) is 10.6. The Morgan fingerprint density at radius 1 is 0.853 bits per heavy atom. The second kappa shape index (κ2) is 12.0. The summed E-state index contributed by atoms with van der Waals surface area (Å²) < 4.78 is 2.10. The van der Waals surface area contributed by atoms with Crippen LogP contribution < -0.4 is 0 Å². The summed E-state index contributed by atoms with van der Waals surface area (Å²) in [5, 5.41) is 0. The molecular formula is C27H30Cl2FeN4. The van der Waals surface area contributed by atoms with E-state index in [1.807, 2.05) is 50.4 Å². The Morgan fingerprint density at radius 2 is 1.44 bits per heavy atom. The van der Waals surface area contributed by atoms with Gasteiger partial charge in [-0.25, -0.2) is 9.97 Å². The third kappa shape index (κ3) is 5.90. The van der Waals surface area contributed by atoms with Crippen molar-refractivity contribution in [1.29, 1.82) is 0 Å². The number of benzene rings is 2. The summed E-state index contributed by atoms with van der Waals surface area (Å²) in [5.41, 5.74) is 8.35. The number of nitrogens with zero attached hydrogens (tertiary/aromatic N) is 4. The first kappa shape index (κ1) is 26.4. The van der Waals surface area contributed by atoms with Crippen molar-refractivity contribution >= 4 is 42.6 Å². The number of aliphatic imine (C=N–C) groups is 1. The van der Waals surface area contributed by atoms with Crippen molar-refractivity contribution in [2.24, 2.45) is 12.0 Å². The number of pyridine rings is 1. The molecule has 0 aliphatic rings. The van der Waals surface area contributed by atoms with Crippen LogP contribution >= 0.6 is 20.2 Å². The number of para-hydroxylation sites is 3. The molecule has 4 rings (SSSR count). The van der Waals surface area contributed by atoms with Crippen molar-refractivity contribution in [3.05, 3.63) is 77.5 Å². The second-order valence-electron chi connectivity index (χ2n) is 8.73. The van der Waals surface area contributed by atoms with Crippen molar-refractivity contribution in [3.8, 4) is 11.5 Å². The van der Waals surface area contributed by atoms with Crippen molar-refractivity contribution in [2.75, 3.05) is 0 Å². The van der Waals surface area contributed by atoms with E-state index < -0.39 is 0 Å². The zero-order valence-corrected chi connectivity index (χ0v) is 22.9. The summed E-state index contributed by atoms with van der Waals surface area (Å²) in [6.45, 7) is 10.9. The topological polar surface area (TPSA) is 43.1 Å². The van der Waals surface area contributed by atoms with Gasteiger partial charge in [-0.05, 0) is 54.2 Å². The van der Waals surface area contributed by atoms with Gasteiger partial charge in [0.1, 0.15) is 5.69 Å². The molecule has 4 nitrogen and oxygen atoms in total. The molecule has 0 fully saturated rings. The molecule has 0 unspecified atom stereocenters. The zero-order chi connectivity index (χ0) is 24.8. The Hall–Kier alpha value is -2.17. The van der Waals surface area contributed by atoms with E-state index >= 15 is 0 Å². The number of imidazole rings is 1. The summed E-state index contributed by atoms with van der Waals surface area (Å²) >= 11 is 0.194. The van der Waals surface area contributed by atoms with Gasteiger partial charge in [-0.15, -0.1) is 0 Å². The van der Waals surface area contributed by atoms with E-state index in [4.69, 9.17) is 35.2 Å². The van der Waals surface area contributed by atoms with Crippen LogP contribution in [0, 0.1) is 0 Å². The third-order valence-electron chi connectivity index (χ3n) is 5.76. The minimum atomic E-state index is 0.194. The third-order valence-corrected chi connectivity index (χ3v) is 5.76. The van der Waals surface area contributed by atoms with E-state index in [0.29, 0.717) is 11.8 Å². The molecule has 0 atom stereocenters. The number of rotatable bonds is 5. The van der Waals surface area contributed by atoms with Crippen LogP contribution in [0.1, 0.15) is 63.3 Å². The number of aryl methyl sites for hydroxylation is 1. The van der Waals surface area contributed by atoms with Crippen molar-refractivity contribution < 1.29 is 13.1 Å². The van der Waals surface area contributed by atoms with E-state index in [1.54, 1.807) is 0 Å². The molecular weight excluding hydrogens is 507 g/mol. The van der Waals surface area contributed by atoms with E-state index in [9.17, 15) is 0 Å². The molecule has 0 saturated carbocycles. The zero-order valence-electron chi connectivity index (χ0n) is 20.3. The predicted octanol–water partition coefficient (Wildman–Crippen LogP) is 8.40. The van der Waals surface area contributed by atoms with Gasteiger partial charge in [0.15, 0.2) is 5.82 Å². The van der Waals surface area contributed by atoms with E-state index in [-0.39, 0.29) is 13.1 Å². The summed E-state index contributed by atoms with van der Waals surface area (Å²) in [5.74, 6) is 1.68. The number of hydrogen-bond donors (Lipinski definition) is 0. The summed E-state index contributed by atoms with van der Waals surface area (Å²) in [6, 6.07) is 20.8. The number of halogens is 2. The van der Waals surface area contributed by atoms with Gasteiger partial charge in [0.2, 0.25) is 0 Å². The normalized spacial score (nSPS) is 11.9. The fourth-order valence-corrected chi connectivity index (χ4v) is 4.00. The molecule has 0 aliphatic heterocycles. The molecule has 180 valence electrons. The molecule has 0 spiro atoms. The summed E-state index contributed by atoms with van der Waals surface area (Å²) in [4.78, 5) is 14.8. The van der Waals surface area contributed by atoms with Crippen molar-refractivity contribution in [1.82, 2.24) is 14.5 Å². The van der Waals surface area contributed by atoms with Gasteiger partial charge in [0, 0.05) is 7.05 Å². The van der Waals surface area contributed by atoms with Crippen LogP contribution in [0.3, 0.4) is 0 Å². The summed E-state index contributed by atoms with van der Waals surface area (Å²) in [7, 11) is 11.6. The molecule has 0 aliphatic carbocycles. The Labute approximate surface area is 217 Å². The molecule has 2 aromatic carbocycles. The quantitative estimate of drug-likeness (QED) is 0.190. The monoisotopic (exact) mass is 536 g/mol. The van der Waals surface area contributed by atoms with Crippen LogP contribution in [0.5, 0.6) is 0 Å². The fraction of sp³-hybridized carbons (Fsp3) is 0.296. The molecule has 7 heteroatoms. The molecule has 34 heavy (non-hydrogen) atoms. The van der Waals surface area contributed by atoms with Gasteiger partial charge in [0.05, 0.1) is 28.1 Å². The summed E-state index contributed by atoms with van der Waals surface area (Å²) in [6.07, 6.45) is 0. The van der Waals surface area contributed by atoms with Crippen molar-refractivity contribution in [3.63, 3.8) is 0 Å². The van der Waals surface area contributed by atoms with Crippen molar-refractivity contribution in [2.45, 2.75) is 46.5 Å². The molecule has 2 heterocycles. The van der Waals surface area contributed by atoms with Crippen LogP contribution in [0.15, 0.2) is 65.7 Å². The SMILES string of the molecule is CC(=Nc1c(C(C)C)cccc1C(C)C)c1cccc(-c2nc3ccccc3n2C)n1.[Cl][Fe][Cl]. The van der Waals surface area contributed by atoms with Gasteiger partial charge in [-0.1, -0.05) is 64.1 Å². The van der Waals surface area contributed by atoms with Gasteiger partial charge < -0.3 is 4.57 Å². The first-order chi connectivity index (χ1) is 16.3. The van der Waals surface area contributed by atoms with Crippen LogP contribution in [-0.2, 0) is 20.2 Å². The minimum absolute atomic E-state index is 0.194. The molecule has 0 radical (unpaired) electrons. The van der Waals surface area contributed by atoms with Crippen LogP contribution in [0.4, 0.5) is 5.69 Å². The number of fused-ring (bicyclic) bond motifs is 1. The van der Waals surface area contributed by atoms with E-state index in [2.05, 4.69) is 56.5 Å². The van der Waals surface area contributed by atoms with E-state index in [0.717, 1.165) is 39.6 Å². The molecule has 2 aromatic heterocycles. The molecule has 4 aromatic rings. The first-order valence-corrected chi connectivity index (χ1v) is 14.2. The average Bonchev–Trinajstić information content (AvgIpc) is 3.16. The number of hydrogen-bond acceptors (Lipinski definition) is 3. The first-order valence-electron chi connectivity index (χ1n) is 11.2. The Bertz CT molecular complexity index is 1270. The Kier molecular flexibility index (Phi) is 9.32. The van der Waals surface area contributed by atoms with Crippen LogP contribution in [0.25, 0.3) is 22.6 Å². The molecule has 0 amide bonds. The number of aromatic nitrogens is 3. The van der Waals surface area contributed by atoms with Gasteiger partial charge in [-0.2, -0.15) is 0 Å².